The summed E-state index contributed by atoms with van der Waals surface area (Å²) in [6, 6.07) is 34.3. The Morgan fingerprint density at radius 2 is 1.25 bits per heavy atom. The van der Waals surface area contributed by atoms with Crippen LogP contribution in [0.4, 0.5) is 0 Å². The van der Waals surface area contributed by atoms with E-state index < -0.39 is 0 Å². The van der Waals surface area contributed by atoms with Crippen LogP contribution in [0, 0.1) is 0 Å². The van der Waals surface area contributed by atoms with Crippen molar-refractivity contribution in [2.45, 2.75) is 6.42 Å². The lowest BCUT2D eigenvalue weighted by Crippen LogP contribution is -2.05. The minimum absolute atomic E-state index is 0.882. The van der Waals surface area contributed by atoms with Crippen LogP contribution < -0.4 is 4.74 Å². The van der Waals surface area contributed by atoms with E-state index in [0.717, 1.165) is 17.9 Å². The van der Waals surface area contributed by atoms with Crippen molar-refractivity contribution in [3.63, 3.8) is 0 Å². The van der Waals surface area contributed by atoms with Crippen LogP contribution in [0.2, 0.25) is 0 Å². The van der Waals surface area contributed by atoms with Gasteiger partial charge in [-0.2, -0.15) is 0 Å². The fourth-order valence-corrected chi connectivity index (χ4v) is 4.45. The zero-order chi connectivity index (χ0) is 18.5. The van der Waals surface area contributed by atoms with Crippen LogP contribution in [0.15, 0.2) is 97.1 Å². The van der Waals surface area contributed by atoms with E-state index >= 15 is 0 Å². The molecule has 0 amide bonds. The van der Waals surface area contributed by atoms with Gasteiger partial charge in [0.2, 0.25) is 0 Å². The lowest BCUT2D eigenvalue weighted by Gasteiger charge is -2.24. The smallest absolute Gasteiger partial charge is 0.131 e. The molecule has 6 rings (SSSR count). The number of benzene rings is 5. The molecular weight excluding hydrogens is 340 g/mol. The molecule has 1 heterocycles. The third kappa shape index (κ3) is 2.26. The summed E-state index contributed by atoms with van der Waals surface area (Å²) in [6.07, 6.45) is 0.882. The third-order valence-electron chi connectivity index (χ3n) is 5.77. The normalized spacial score (nSPS) is 12.4. The summed E-state index contributed by atoms with van der Waals surface area (Å²) in [5.41, 5.74) is 5.06. The highest BCUT2D eigenvalue weighted by Gasteiger charge is 2.22. The van der Waals surface area contributed by atoms with Gasteiger partial charge in [-0.3, -0.25) is 0 Å². The van der Waals surface area contributed by atoms with E-state index in [4.69, 9.17) is 4.74 Å². The maximum atomic E-state index is 6.38. The van der Waals surface area contributed by atoms with E-state index in [1.807, 2.05) is 0 Å². The Hall–Kier alpha value is -3.58. The molecule has 0 N–H and O–H groups in total. The minimum atomic E-state index is 0.882. The molecule has 0 aliphatic carbocycles. The Balaban J connectivity index is 1.64. The van der Waals surface area contributed by atoms with Gasteiger partial charge in [-0.05, 0) is 44.8 Å². The van der Waals surface area contributed by atoms with Crippen LogP contribution in [-0.4, -0.2) is 0 Å². The van der Waals surface area contributed by atoms with Gasteiger partial charge >= 0.3 is 0 Å². The number of hydrogen-bond donors (Lipinski definition) is 0. The molecule has 1 aliphatic rings. The predicted octanol–water partition coefficient (Wildman–Crippen LogP) is 7.36. The molecule has 0 unspecified atom stereocenters. The third-order valence-corrected chi connectivity index (χ3v) is 5.77. The van der Waals surface area contributed by atoms with Gasteiger partial charge in [-0.1, -0.05) is 84.9 Å². The molecule has 0 saturated heterocycles. The van der Waals surface area contributed by atoms with E-state index in [-0.39, 0.29) is 0 Å². The highest BCUT2D eigenvalue weighted by molar-refractivity contribution is 6.01. The van der Waals surface area contributed by atoms with Gasteiger partial charge in [0, 0.05) is 17.5 Å². The molecule has 28 heavy (non-hydrogen) atoms. The molecule has 0 saturated carbocycles. The van der Waals surface area contributed by atoms with E-state index in [1.54, 1.807) is 0 Å². The van der Waals surface area contributed by atoms with E-state index in [1.165, 1.54) is 43.8 Å². The van der Waals surface area contributed by atoms with Crippen molar-refractivity contribution in [3.05, 3.63) is 108 Å². The van der Waals surface area contributed by atoms with Crippen LogP contribution >= 0.6 is 0 Å². The van der Waals surface area contributed by atoms with Crippen molar-refractivity contribution in [2.75, 3.05) is 0 Å². The molecule has 0 atom stereocenters. The van der Waals surface area contributed by atoms with Gasteiger partial charge in [0.15, 0.2) is 0 Å². The van der Waals surface area contributed by atoms with Gasteiger partial charge in [-0.15, -0.1) is 0 Å². The topological polar surface area (TPSA) is 9.23 Å². The lowest BCUT2D eigenvalue weighted by atomic mass is 9.88. The quantitative estimate of drug-likeness (QED) is 0.298. The van der Waals surface area contributed by atoms with Crippen molar-refractivity contribution in [1.82, 2.24) is 0 Å². The zero-order valence-electron chi connectivity index (χ0n) is 15.4. The average Bonchev–Trinajstić information content (AvgIpc) is 2.78. The molecule has 0 radical (unpaired) electrons. The molecule has 1 heteroatoms. The fraction of sp³-hybridized carbons (Fsp3) is 0.0370. The van der Waals surface area contributed by atoms with E-state index in [2.05, 4.69) is 97.1 Å². The number of ether oxygens (including phenoxy) is 1. The highest BCUT2D eigenvalue weighted by Crippen LogP contribution is 2.45. The zero-order valence-corrected chi connectivity index (χ0v) is 15.4. The molecular formula is C27H18O. The first-order chi connectivity index (χ1) is 13.9. The summed E-state index contributed by atoms with van der Waals surface area (Å²) in [5, 5.41) is 5.09. The van der Waals surface area contributed by atoms with Gasteiger partial charge in [0.25, 0.3) is 0 Å². The molecule has 1 aliphatic heterocycles. The van der Waals surface area contributed by atoms with Crippen LogP contribution in [0.5, 0.6) is 11.5 Å². The van der Waals surface area contributed by atoms with Crippen LogP contribution in [0.25, 0.3) is 32.7 Å². The summed E-state index contributed by atoms with van der Waals surface area (Å²) in [5.74, 6) is 1.95. The van der Waals surface area contributed by atoms with Crippen LogP contribution in [0.3, 0.4) is 0 Å². The highest BCUT2D eigenvalue weighted by atomic mass is 16.5. The summed E-state index contributed by atoms with van der Waals surface area (Å²) >= 11 is 0. The standard InChI is InChI=1S/C27H18O/c1-2-7-18(8-3-1)22-12-6-10-20-14-16-26-24(27(20)22)17-23-21-11-5-4-9-19(21)13-15-25(23)28-26/h1-16H,17H2. The Morgan fingerprint density at radius 1 is 0.536 bits per heavy atom. The SMILES string of the molecule is c1ccc(-c2cccc3ccc4c(c23)Cc2c(ccc3ccccc23)O4)cc1. The Labute approximate surface area is 163 Å². The van der Waals surface area contributed by atoms with E-state index in [9.17, 15) is 0 Å². The van der Waals surface area contributed by atoms with Crippen molar-refractivity contribution >= 4 is 21.5 Å². The van der Waals surface area contributed by atoms with Crippen molar-refractivity contribution < 1.29 is 4.74 Å². The molecule has 1 nitrogen and oxygen atoms in total. The number of rotatable bonds is 1. The van der Waals surface area contributed by atoms with Gasteiger partial charge in [-0.25, -0.2) is 0 Å². The van der Waals surface area contributed by atoms with Crippen molar-refractivity contribution in [2.24, 2.45) is 0 Å². The van der Waals surface area contributed by atoms with Crippen LogP contribution in [0.1, 0.15) is 11.1 Å². The molecule has 0 fully saturated rings. The summed E-state index contributed by atoms with van der Waals surface area (Å²) in [6.45, 7) is 0. The van der Waals surface area contributed by atoms with Gasteiger partial charge in [0.1, 0.15) is 11.5 Å². The summed E-state index contributed by atoms with van der Waals surface area (Å²) in [7, 11) is 0. The first-order valence-electron chi connectivity index (χ1n) is 9.67. The molecule has 0 bridgehead atoms. The number of hydrogen-bond acceptors (Lipinski definition) is 1. The Bertz CT molecular complexity index is 1350. The fourth-order valence-electron chi connectivity index (χ4n) is 4.45. The second-order valence-corrected chi connectivity index (χ2v) is 7.35. The van der Waals surface area contributed by atoms with Crippen molar-refractivity contribution in [1.29, 1.82) is 0 Å². The van der Waals surface area contributed by atoms with Crippen molar-refractivity contribution in [3.8, 4) is 22.6 Å². The van der Waals surface area contributed by atoms with Gasteiger partial charge < -0.3 is 4.74 Å². The van der Waals surface area contributed by atoms with Crippen LogP contribution in [-0.2, 0) is 6.42 Å². The minimum Gasteiger partial charge on any atom is -0.457 e. The van der Waals surface area contributed by atoms with Gasteiger partial charge in [0.05, 0.1) is 0 Å². The second kappa shape index (κ2) is 5.97. The van der Waals surface area contributed by atoms with E-state index in [0.29, 0.717) is 0 Å². The second-order valence-electron chi connectivity index (χ2n) is 7.35. The maximum Gasteiger partial charge on any atom is 0.131 e. The Morgan fingerprint density at radius 3 is 2.14 bits per heavy atom. The predicted molar refractivity (Wildman–Crippen MR) is 116 cm³/mol. The molecule has 5 aromatic rings. The number of fused-ring (bicyclic) bond motifs is 6. The average molecular weight is 358 g/mol. The monoisotopic (exact) mass is 358 g/mol. The molecule has 5 aromatic carbocycles. The Kier molecular flexibility index (Phi) is 3.30. The molecule has 132 valence electrons. The first-order valence-corrected chi connectivity index (χ1v) is 9.67. The largest absolute Gasteiger partial charge is 0.457 e. The summed E-state index contributed by atoms with van der Waals surface area (Å²) in [4.78, 5) is 0. The lowest BCUT2D eigenvalue weighted by molar-refractivity contribution is 0.463. The molecule has 0 aromatic heterocycles. The maximum absolute atomic E-state index is 6.38. The molecule has 0 spiro atoms. The summed E-state index contributed by atoms with van der Waals surface area (Å²) < 4.78 is 6.38. The first kappa shape index (κ1) is 15.5.